The summed E-state index contributed by atoms with van der Waals surface area (Å²) in [7, 11) is 0. The van der Waals surface area contributed by atoms with Crippen molar-refractivity contribution in [1.82, 2.24) is 9.80 Å². The zero-order chi connectivity index (χ0) is 11.7. The van der Waals surface area contributed by atoms with E-state index >= 15 is 0 Å². The Kier molecular flexibility index (Phi) is 3.38. The average Bonchev–Trinajstić information content (AvgIpc) is 3.11. The number of carbonyl (C=O) groups is 2. The molecule has 4 nitrogen and oxygen atoms in total. The number of hydrogen-bond acceptors (Lipinski definition) is 2. The van der Waals surface area contributed by atoms with Crippen LogP contribution in [0.25, 0.3) is 0 Å². The van der Waals surface area contributed by atoms with E-state index in [0.29, 0.717) is 26.2 Å². The lowest BCUT2D eigenvalue weighted by molar-refractivity contribution is -0.139. The first-order valence-corrected chi connectivity index (χ1v) is 6.25. The molecule has 1 heterocycles. The van der Waals surface area contributed by atoms with E-state index < -0.39 is 5.38 Å². The van der Waals surface area contributed by atoms with Crippen LogP contribution in [0.5, 0.6) is 0 Å². The summed E-state index contributed by atoms with van der Waals surface area (Å²) < 4.78 is 0. The molecule has 0 bridgehead atoms. The molecule has 2 amide bonds. The standard InChI is InChI=1S/C11H17ClN2O2/c1-8(12)10(15)13-4-6-14(7-5-13)11(16)9-2-3-9/h8-9H,2-7H2,1H3/t8-/m1/s1. The number of halogens is 1. The summed E-state index contributed by atoms with van der Waals surface area (Å²) in [5.41, 5.74) is 0. The number of rotatable bonds is 2. The fourth-order valence-corrected chi connectivity index (χ4v) is 2.13. The highest BCUT2D eigenvalue weighted by molar-refractivity contribution is 6.30. The first-order valence-electron chi connectivity index (χ1n) is 5.81. The van der Waals surface area contributed by atoms with Gasteiger partial charge in [-0.15, -0.1) is 11.6 Å². The van der Waals surface area contributed by atoms with Crippen molar-refractivity contribution in [3.05, 3.63) is 0 Å². The molecule has 0 aromatic heterocycles. The third-order valence-corrected chi connectivity index (χ3v) is 3.36. The SMILES string of the molecule is C[C@@H](Cl)C(=O)N1CCN(C(=O)C2CC2)CC1. The molecule has 2 aliphatic rings. The summed E-state index contributed by atoms with van der Waals surface area (Å²) in [5, 5.41) is -0.467. The van der Waals surface area contributed by atoms with Gasteiger partial charge in [-0.3, -0.25) is 9.59 Å². The molecule has 90 valence electrons. The zero-order valence-corrected chi connectivity index (χ0v) is 10.2. The van der Waals surface area contributed by atoms with Crippen molar-refractivity contribution in [1.29, 1.82) is 0 Å². The van der Waals surface area contributed by atoms with Gasteiger partial charge in [-0.25, -0.2) is 0 Å². The lowest BCUT2D eigenvalue weighted by Gasteiger charge is -2.35. The normalized spacial score (nSPS) is 23.1. The Hall–Kier alpha value is -0.770. The molecule has 0 unspecified atom stereocenters. The second-order valence-electron chi connectivity index (χ2n) is 4.54. The third-order valence-electron chi connectivity index (χ3n) is 3.17. The molecule has 0 N–H and O–H groups in total. The lowest BCUT2D eigenvalue weighted by Crippen LogP contribution is -2.52. The molecule has 0 aromatic carbocycles. The van der Waals surface area contributed by atoms with Crippen molar-refractivity contribution >= 4 is 23.4 Å². The van der Waals surface area contributed by atoms with Crippen LogP contribution in [0.4, 0.5) is 0 Å². The number of amides is 2. The Morgan fingerprint density at radius 3 is 2.06 bits per heavy atom. The molecule has 16 heavy (non-hydrogen) atoms. The number of carbonyl (C=O) groups excluding carboxylic acids is 2. The van der Waals surface area contributed by atoms with Crippen LogP contribution in [0.1, 0.15) is 19.8 Å². The minimum atomic E-state index is -0.467. The molecule has 1 saturated carbocycles. The van der Waals surface area contributed by atoms with Gasteiger partial charge in [0.05, 0.1) is 0 Å². The van der Waals surface area contributed by atoms with Gasteiger partial charge in [-0.1, -0.05) is 0 Å². The molecule has 2 rings (SSSR count). The summed E-state index contributed by atoms with van der Waals surface area (Å²) in [4.78, 5) is 27.0. The van der Waals surface area contributed by atoms with E-state index in [0.717, 1.165) is 12.8 Å². The van der Waals surface area contributed by atoms with E-state index in [4.69, 9.17) is 11.6 Å². The molecule has 5 heteroatoms. The second kappa shape index (κ2) is 4.62. The van der Waals surface area contributed by atoms with E-state index in [9.17, 15) is 9.59 Å². The Balaban J connectivity index is 1.82. The molecule has 0 spiro atoms. The molecular formula is C11H17ClN2O2. The number of nitrogens with zero attached hydrogens (tertiary/aromatic N) is 2. The smallest absolute Gasteiger partial charge is 0.240 e. The maximum atomic E-state index is 11.8. The molecule has 1 atom stereocenters. The van der Waals surface area contributed by atoms with Crippen LogP contribution in [0, 0.1) is 5.92 Å². The summed E-state index contributed by atoms with van der Waals surface area (Å²) in [5.74, 6) is 0.514. The predicted molar refractivity (Wildman–Crippen MR) is 61.2 cm³/mol. The monoisotopic (exact) mass is 244 g/mol. The summed E-state index contributed by atoms with van der Waals surface area (Å²) in [6.45, 7) is 4.24. The van der Waals surface area contributed by atoms with Crippen LogP contribution in [0.15, 0.2) is 0 Å². The maximum Gasteiger partial charge on any atom is 0.240 e. The van der Waals surface area contributed by atoms with Crippen molar-refractivity contribution < 1.29 is 9.59 Å². The van der Waals surface area contributed by atoms with E-state index in [-0.39, 0.29) is 17.7 Å². The molecule has 1 aliphatic carbocycles. The van der Waals surface area contributed by atoms with Crippen molar-refractivity contribution in [2.45, 2.75) is 25.1 Å². The molecule has 2 fully saturated rings. The Morgan fingerprint density at radius 2 is 1.62 bits per heavy atom. The fraction of sp³-hybridized carbons (Fsp3) is 0.818. The van der Waals surface area contributed by atoms with Gasteiger partial charge in [-0.05, 0) is 19.8 Å². The van der Waals surface area contributed by atoms with Gasteiger partial charge in [0.2, 0.25) is 11.8 Å². The topological polar surface area (TPSA) is 40.6 Å². The molecule has 0 aromatic rings. The van der Waals surface area contributed by atoms with Gasteiger partial charge in [-0.2, -0.15) is 0 Å². The summed E-state index contributed by atoms with van der Waals surface area (Å²) in [6.07, 6.45) is 2.08. The van der Waals surface area contributed by atoms with E-state index in [2.05, 4.69) is 0 Å². The maximum absolute atomic E-state index is 11.8. The van der Waals surface area contributed by atoms with Crippen molar-refractivity contribution in [2.75, 3.05) is 26.2 Å². The van der Waals surface area contributed by atoms with Crippen LogP contribution >= 0.6 is 11.6 Å². The molecule has 1 saturated heterocycles. The van der Waals surface area contributed by atoms with Gasteiger partial charge < -0.3 is 9.80 Å². The number of alkyl halides is 1. The Labute approximate surface area is 101 Å². The van der Waals surface area contributed by atoms with Crippen molar-refractivity contribution in [3.8, 4) is 0 Å². The predicted octanol–water partition coefficient (Wildman–Crippen LogP) is 0.695. The first-order chi connectivity index (χ1) is 7.59. The van der Waals surface area contributed by atoms with Gasteiger partial charge in [0.15, 0.2) is 0 Å². The van der Waals surface area contributed by atoms with Crippen LogP contribution in [0.3, 0.4) is 0 Å². The lowest BCUT2D eigenvalue weighted by atomic mass is 10.2. The quantitative estimate of drug-likeness (QED) is 0.671. The average molecular weight is 245 g/mol. The Morgan fingerprint density at radius 1 is 1.12 bits per heavy atom. The molecule has 1 aliphatic heterocycles. The summed E-state index contributed by atoms with van der Waals surface area (Å²) in [6, 6.07) is 0. The van der Waals surface area contributed by atoms with E-state index in [1.165, 1.54) is 0 Å². The van der Waals surface area contributed by atoms with Crippen molar-refractivity contribution in [3.63, 3.8) is 0 Å². The van der Waals surface area contributed by atoms with Crippen LogP contribution < -0.4 is 0 Å². The van der Waals surface area contributed by atoms with Crippen molar-refractivity contribution in [2.24, 2.45) is 5.92 Å². The third kappa shape index (κ3) is 2.48. The highest BCUT2D eigenvalue weighted by atomic mass is 35.5. The second-order valence-corrected chi connectivity index (χ2v) is 5.20. The van der Waals surface area contributed by atoms with E-state index in [1.807, 2.05) is 4.90 Å². The molecule has 0 radical (unpaired) electrons. The number of hydrogen-bond donors (Lipinski definition) is 0. The van der Waals surface area contributed by atoms with Crippen LogP contribution in [0.2, 0.25) is 0 Å². The van der Waals surface area contributed by atoms with E-state index in [1.54, 1.807) is 11.8 Å². The van der Waals surface area contributed by atoms with Gasteiger partial charge in [0.25, 0.3) is 0 Å². The first kappa shape index (κ1) is 11.7. The van der Waals surface area contributed by atoms with Crippen LogP contribution in [-0.2, 0) is 9.59 Å². The summed E-state index contributed by atoms with van der Waals surface area (Å²) >= 11 is 5.75. The highest BCUT2D eigenvalue weighted by Gasteiger charge is 2.35. The fourth-order valence-electron chi connectivity index (χ4n) is 1.99. The Bertz CT molecular complexity index is 272. The van der Waals surface area contributed by atoms with Gasteiger partial charge in [0, 0.05) is 32.1 Å². The molecular weight excluding hydrogens is 228 g/mol. The number of piperazine rings is 1. The van der Waals surface area contributed by atoms with Crippen LogP contribution in [-0.4, -0.2) is 53.2 Å². The largest absolute Gasteiger partial charge is 0.339 e. The zero-order valence-electron chi connectivity index (χ0n) is 9.49. The van der Waals surface area contributed by atoms with Gasteiger partial charge >= 0.3 is 0 Å². The minimum absolute atomic E-state index is 0.0276. The highest BCUT2D eigenvalue weighted by Crippen LogP contribution is 2.31. The van der Waals surface area contributed by atoms with Gasteiger partial charge in [0.1, 0.15) is 5.38 Å². The minimum Gasteiger partial charge on any atom is -0.339 e.